The van der Waals surface area contributed by atoms with Crippen LogP contribution in [-0.2, 0) is 16.5 Å². The van der Waals surface area contributed by atoms with E-state index in [-0.39, 0.29) is 22.8 Å². The summed E-state index contributed by atoms with van der Waals surface area (Å²) in [4.78, 5) is 34.9. The molecule has 9 heteroatoms. The molecule has 200 valence electrons. The number of nitrogens with two attached hydrogens (primary N) is 2. The fraction of sp³-hybridized carbons (Fsp3) is 0.333. The topological polar surface area (TPSA) is 89.4 Å². The number of carbonyl (C=O) groups is 2. The lowest BCUT2D eigenvalue weighted by Gasteiger charge is -2.20. The van der Waals surface area contributed by atoms with E-state index in [2.05, 4.69) is 45.9 Å². The van der Waals surface area contributed by atoms with Gasteiger partial charge in [0.05, 0.1) is 20.5 Å². The zero-order valence-corrected chi connectivity index (χ0v) is 26.1. The van der Waals surface area contributed by atoms with Gasteiger partial charge in [0.2, 0.25) is 0 Å². The second kappa shape index (κ2) is 7.66. The number of thiophene rings is 4. The van der Waals surface area contributed by atoms with Crippen LogP contribution in [0.5, 0.6) is 0 Å². The Balaban J connectivity index is 1.47. The molecule has 0 atom stereocenters. The first-order valence-corrected chi connectivity index (χ1v) is 16.1. The Hall–Kier alpha value is -2.40. The summed E-state index contributed by atoms with van der Waals surface area (Å²) in [6.07, 6.45) is 0. The van der Waals surface area contributed by atoms with Crippen LogP contribution in [-0.4, -0.2) is 23.8 Å². The Kier molecular flexibility index (Phi) is 5.02. The van der Waals surface area contributed by atoms with Crippen LogP contribution in [0.3, 0.4) is 0 Å². The van der Waals surface area contributed by atoms with Crippen molar-refractivity contribution in [3.05, 3.63) is 56.3 Å². The van der Waals surface area contributed by atoms with Gasteiger partial charge in [-0.1, -0.05) is 13.8 Å². The smallest absolute Gasteiger partial charge is 0.261 e. The maximum absolute atomic E-state index is 13.3. The molecule has 1 aliphatic carbocycles. The highest BCUT2D eigenvalue weighted by Crippen LogP contribution is 2.58. The van der Waals surface area contributed by atoms with Crippen molar-refractivity contribution >= 4 is 77.3 Å². The highest BCUT2D eigenvalue weighted by molar-refractivity contribution is 7.31. The van der Waals surface area contributed by atoms with Gasteiger partial charge in [-0.05, 0) is 63.1 Å². The van der Waals surface area contributed by atoms with E-state index in [9.17, 15) is 9.59 Å². The molecular formula is C30H29N3O2S4. The van der Waals surface area contributed by atoms with E-state index in [1.807, 2.05) is 31.3 Å². The first-order chi connectivity index (χ1) is 18.1. The Labute approximate surface area is 243 Å². The second-order valence-electron chi connectivity index (χ2n) is 12.4. The van der Waals surface area contributed by atoms with Crippen molar-refractivity contribution in [3.63, 3.8) is 0 Å². The molecule has 1 aliphatic heterocycles. The van der Waals surface area contributed by atoms with Crippen LogP contribution in [0.4, 0.5) is 0 Å². The predicted octanol–water partition coefficient (Wildman–Crippen LogP) is 7.83. The molecule has 5 nitrogen and oxygen atoms in total. The molecule has 0 saturated heterocycles. The zero-order chi connectivity index (χ0) is 28.0. The molecule has 4 aromatic heterocycles. The third-order valence-electron chi connectivity index (χ3n) is 8.03. The standard InChI is InChI=1S/C30H29N3O2S4/c1-28(2)14-10-17(37-24(14)25-15(28)11-19(39-25)30(5,6)32)16-8-12-20-21(27(35)33(7)26(20)34)13-9-18(29(3,4)31)38-23(13)22(12)36-16/h8-11H,31-32H2,1-7H3. The lowest BCUT2D eigenvalue weighted by atomic mass is 9.83. The molecular weight excluding hydrogens is 563 g/mol. The van der Waals surface area contributed by atoms with Crippen LogP contribution in [0.25, 0.3) is 39.7 Å². The first kappa shape index (κ1) is 25.6. The number of hydrogen-bond acceptors (Lipinski definition) is 8. The van der Waals surface area contributed by atoms with Gasteiger partial charge in [0.1, 0.15) is 0 Å². The maximum atomic E-state index is 13.3. The summed E-state index contributed by atoms with van der Waals surface area (Å²) < 4.78 is 2.08. The van der Waals surface area contributed by atoms with E-state index in [1.54, 1.807) is 41.1 Å². The van der Waals surface area contributed by atoms with Gasteiger partial charge < -0.3 is 11.5 Å². The van der Waals surface area contributed by atoms with Crippen molar-refractivity contribution in [2.24, 2.45) is 11.5 Å². The first-order valence-electron chi connectivity index (χ1n) is 12.8. The molecule has 0 saturated carbocycles. The molecule has 2 amide bonds. The van der Waals surface area contributed by atoms with Gasteiger partial charge in [-0.25, -0.2) is 0 Å². The van der Waals surface area contributed by atoms with E-state index < -0.39 is 5.54 Å². The number of imide groups is 1. The van der Waals surface area contributed by atoms with Crippen molar-refractivity contribution < 1.29 is 9.59 Å². The fourth-order valence-electron chi connectivity index (χ4n) is 5.70. The van der Waals surface area contributed by atoms with Crippen LogP contribution in [0.1, 0.15) is 83.1 Å². The normalized spacial score (nSPS) is 16.6. The molecule has 0 unspecified atom stereocenters. The van der Waals surface area contributed by atoms with E-state index in [0.717, 1.165) is 29.9 Å². The van der Waals surface area contributed by atoms with Crippen molar-refractivity contribution in [1.29, 1.82) is 0 Å². The van der Waals surface area contributed by atoms with Crippen molar-refractivity contribution in [3.8, 4) is 19.5 Å². The molecule has 0 radical (unpaired) electrons. The summed E-state index contributed by atoms with van der Waals surface area (Å²) in [6, 6.07) is 8.74. The Morgan fingerprint density at radius 2 is 1.18 bits per heavy atom. The minimum atomic E-state index is -0.546. The number of benzene rings is 1. The number of fused-ring (bicyclic) bond motifs is 9. The summed E-state index contributed by atoms with van der Waals surface area (Å²) in [6.45, 7) is 12.6. The van der Waals surface area contributed by atoms with Crippen LogP contribution in [0.2, 0.25) is 0 Å². The fourth-order valence-corrected chi connectivity index (χ4v) is 11.1. The van der Waals surface area contributed by atoms with Crippen molar-refractivity contribution in [2.45, 2.75) is 58.0 Å². The molecule has 4 N–H and O–H groups in total. The molecule has 5 heterocycles. The van der Waals surface area contributed by atoms with Gasteiger partial charge in [-0.3, -0.25) is 14.5 Å². The van der Waals surface area contributed by atoms with E-state index in [4.69, 9.17) is 11.5 Å². The zero-order valence-electron chi connectivity index (χ0n) is 22.9. The summed E-state index contributed by atoms with van der Waals surface area (Å²) in [5, 5.41) is 1.70. The molecule has 7 rings (SSSR count). The Bertz CT molecular complexity index is 1920. The Morgan fingerprint density at radius 1 is 0.692 bits per heavy atom. The molecule has 0 spiro atoms. The quantitative estimate of drug-likeness (QED) is 0.209. The minimum absolute atomic E-state index is 0.106. The summed E-state index contributed by atoms with van der Waals surface area (Å²) >= 11 is 6.94. The molecule has 0 fully saturated rings. The number of nitrogens with zero attached hydrogens (tertiary/aromatic N) is 1. The van der Waals surface area contributed by atoms with Gasteiger partial charge in [0.15, 0.2) is 0 Å². The van der Waals surface area contributed by atoms with Crippen LogP contribution < -0.4 is 11.5 Å². The van der Waals surface area contributed by atoms with E-state index in [0.29, 0.717) is 11.1 Å². The molecule has 1 aromatic carbocycles. The highest BCUT2D eigenvalue weighted by atomic mass is 32.1. The van der Waals surface area contributed by atoms with Crippen molar-refractivity contribution in [1.82, 2.24) is 4.90 Å². The largest absolute Gasteiger partial charge is 0.321 e. The average Bonchev–Trinajstić information content (AvgIpc) is 3.63. The molecule has 5 aromatic rings. The lowest BCUT2D eigenvalue weighted by molar-refractivity contribution is 0.0694. The summed E-state index contributed by atoms with van der Waals surface area (Å²) in [7, 11) is 1.57. The van der Waals surface area contributed by atoms with Gasteiger partial charge in [-0.15, -0.1) is 45.3 Å². The van der Waals surface area contributed by atoms with Crippen LogP contribution in [0.15, 0.2) is 24.3 Å². The van der Waals surface area contributed by atoms with Gasteiger partial charge in [0, 0.05) is 63.6 Å². The number of hydrogen-bond donors (Lipinski definition) is 2. The van der Waals surface area contributed by atoms with Gasteiger partial charge in [0.25, 0.3) is 11.8 Å². The monoisotopic (exact) mass is 591 g/mol. The van der Waals surface area contributed by atoms with Gasteiger partial charge in [-0.2, -0.15) is 0 Å². The second-order valence-corrected chi connectivity index (χ2v) is 16.6. The van der Waals surface area contributed by atoms with Gasteiger partial charge >= 0.3 is 0 Å². The molecule has 39 heavy (non-hydrogen) atoms. The van der Waals surface area contributed by atoms with E-state index >= 15 is 0 Å². The average molecular weight is 592 g/mol. The number of carbonyl (C=O) groups excluding carboxylic acids is 2. The van der Waals surface area contributed by atoms with Crippen LogP contribution in [0, 0.1) is 0 Å². The molecule has 0 bridgehead atoms. The minimum Gasteiger partial charge on any atom is -0.321 e. The third kappa shape index (κ3) is 3.35. The molecule has 2 aliphatic rings. The summed E-state index contributed by atoms with van der Waals surface area (Å²) in [5.74, 6) is -0.476. The summed E-state index contributed by atoms with van der Waals surface area (Å²) in [5.41, 5.74) is 15.6. The predicted molar refractivity (Wildman–Crippen MR) is 167 cm³/mol. The SMILES string of the molecule is CN1C(=O)c2c(c3cc(C(C)(C)N)sc3c3sc(-c4cc5c(s4)-c4sc(C(C)(C)N)cc4C5(C)C)cc23)C1=O. The number of rotatable bonds is 3. The van der Waals surface area contributed by atoms with E-state index in [1.165, 1.54) is 35.5 Å². The van der Waals surface area contributed by atoms with Crippen LogP contribution >= 0.6 is 45.3 Å². The Morgan fingerprint density at radius 3 is 1.79 bits per heavy atom. The highest BCUT2D eigenvalue weighted by Gasteiger charge is 2.42. The number of amides is 2. The lowest BCUT2D eigenvalue weighted by Crippen LogP contribution is -2.27. The third-order valence-corrected chi connectivity index (χ3v) is 13.8. The maximum Gasteiger partial charge on any atom is 0.261 e. The van der Waals surface area contributed by atoms with Crippen molar-refractivity contribution in [2.75, 3.05) is 7.05 Å².